The molecule has 0 fully saturated rings. The summed E-state index contributed by atoms with van der Waals surface area (Å²) in [6.45, 7) is 1.85. The van der Waals surface area contributed by atoms with Crippen LogP contribution in [0.3, 0.4) is 0 Å². The van der Waals surface area contributed by atoms with E-state index in [2.05, 4.69) is 30.1 Å². The van der Waals surface area contributed by atoms with E-state index in [1.807, 2.05) is 43.3 Å². The number of hydrogen-bond acceptors (Lipinski definition) is 5. The van der Waals surface area contributed by atoms with Crippen LogP contribution in [0.5, 0.6) is 0 Å². The number of hydrogen-bond donors (Lipinski definition) is 2. The number of aromatic nitrogens is 7. The summed E-state index contributed by atoms with van der Waals surface area (Å²) in [6, 6.07) is 14.3. The van der Waals surface area contributed by atoms with Crippen LogP contribution >= 0.6 is 0 Å². The number of aromatic amines is 2. The van der Waals surface area contributed by atoms with Gasteiger partial charge in [0.25, 0.3) is 0 Å². The third-order valence-corrected chi connectivity index (χ3v) is 5.32. The molecule has 8 heteroatoms. The Morgan fingerprint density at radius 3 is 2.62 bits per heavy atom. The van der Waals surface area contributed by atoms with Gasteiger partial charge in [0.05, 0.1) is 34.3 Å². The molecule has 6 rings (SSSR count). The summed E-state index contributed by atoms with van der Waals surface area (Å²) in [5, 5.41) is 8.35. The van der Waals surface area contributed by atoms with Crippen LogP contribution in [0.25, 0.3) is 56.1 Å². The first-order chi connectivity index (χ1) is 15.7. The normalized spacial score (nSPS) is 11.4. The molecular formula is C24H16FN7. The number of imidazole rings is 1. The molecule has 0 aliphatic heterocycles. The van der Waals surface area contributed by atoms with E-state index >= 15 is 0 Å². The average Bonchev–Trinajstić information content (AvgIpc) is 3.42. The Bertz CT molecular complexity index is 1580. The van der Waals surface area contributed by atoms with Gasteiger partial charge in [-0.05, 0) is 55.0 Å². The molecule has 0 saturated heterocycles. The van der Waals surface area contributed by atoms with Crippen LogP contribution in [0.15, 0.2) is 67.1 Å². The third-order valence-electron chi connectivity index (χ3n) is 5.32. The summed E-state index contributed by atoms with van der Waals surface area (Å²) in [5.74, 6) is 0.286. The molecule has 6 aromatic rings. The highest BCUT2D eigenvalue weighted by Gasteiger charge is 2.17. The molecule has 32 heavy (non-hydrogen) atoms. The summed E-state index contributed by atoms with van der Waals surface area (Å²) in [4.78, 5) is 21.5. The fourth-order valence-electron chi connectivity index (χ4n) is 3.88. The summed E-state index contributed by atoms with van der Waals surface area (Å²) in [6.07, 6.45) is 5.16. The number of rotatable bonds is 3. The monoisotopic (exact) mass is 421 g/mol. The molecule has 0 aliphatic carbocycles. The number of nitrogens with zero attached hydrogens (tertiary/aromatic N) is 5. The number of halogens is 1. The van der Waals surface area contributed by atoms with E-state index in [1.165, 1.54) is 12.1 Å². The standard InChI is InChI=1S/C24H16FN7/c1-13-8-14(10-15(25)9-13)21-23-18(5-7-27-21)29-24(30-23)22-16-11-19(17-4-2-3-6-26-17)28-12-20(16)31-32-22/h2-12H,1H3,(H,29,30)(H,31,32). The Morgan fingerprint density at radius 2 is 1.78 bits per heavy atom. The highest BCUT2D eigenvalue weighted by atomic mass is 19.1. The number of benzene rings is 1. The number of pyridine rings is 3. The molecule has 0 radical (unpaired) electrons. The SMILES string of the molecule is Cc1cc(F)cc(-c2nccc3[nH]c(-c4n[nH]c5cnc(-c6ccccn6)cc45)nc23)c1. The first-order valence-corrected chi connectivity index (χ1v) is 10.0. The van der Waals surface area contributed by atoms with Gasteiger partial charge in [0.15, 0.2) is 5.82 Å². The number of nitrogens with one attached hydrogen (secondary N) is 2. The van der Waals surface area contributed by atoms with Crippen molar-refractivity contribution in [3.05, 3.63) is 78.5 Å². The lowest BCUT2D eigenvalue weighted by molar-refractivity contribution is 0.627. The van der Waals surface area contributed by atoms with Crippen molar-refractivity contribution in [3.63, 3.8) is 0 Å². The molecule has 0 unspecified atom stereocenters. The third kappa shape index (κ3) is 3.01. The zero-order valence-corrected chi connectivity index (χ0v) is 17.0. The Hall–Kier alpha value is -4.46. The van der Waals surface area contributed by atoms with E-state index < -0.39 is 0 Å². The lowest BCUT2D eigenvalue weighted by Gasteiger charge is -2.03. The zero-order valence-electron chi connectivity index (χ0n) is 17.0. The topological polar surface area (TPSA) is 96.0 Å². The Labute approximate surface area is 181 Å². The number of fused-ring (bicyclic) bond motifs is 2. The maximum atomic E-state index is 14.0. The smallest absolute Gasteiger partial charge is 0.159 e. The molecule has 5 aromatic heterocycles. The maximum absolute atomic E-state index is 14.0. The molecule has 0 atom stereocenters. The first-order valence-electron chi connectivity index (χ1n) is 10.0. The maximum Gasteiger partial charge on any atom is 0.159 e. The quantitative estimate of drug-likeness (QED) is 0.416. The van der Waals surface area contributed by atoms with Gasteiger partial charge in [-0.1, -0.05) is 6.07 Å². The van der Waals surface area contributed by atoms with Crippen LogP contribution in [0.2, 0.25) is 0 Å². The molecule has 2 N–H and O–H groups in total. The van der Waals surface area contributed by atoms with Crippen LogP contribution in [-0.2, 0) is 0 Å². The van der Waals surface area contributed by atoms with E-state index in [-0.39, 0.29) is 5.82 Å². The van der Waals surface area contributed by atoms with Gasteiger partial charge in [0.2, 0.25) is 0 Å². The van der Waals surface area contributed by atoms with E-state index in [4.69, 9.17) is 4.98 Å². The van der Waals surface area contributed by atoms with Gasteiger partial charge >= 0.3 is 0 Å². The van der Waals surface area contributed by atoms with Gasteiger partial charge in [0, 0.05) is 23.3 Å². The first kappa shape index (κ1) is 18.3. The van der Waals surface area contributed by atoms with Crippen molar-refractivity contribution in [2.24, 2.45) is 0 Å². The fourth-order valence-corrected chi connectivity index (χ4v) is 3.88. The van der Waals surface area contributed by atoms with Crippen LogP contribution in [0.4, 0.5) is 4.39 Å². The van der Waals surface area contributed by atoms with Crippen LogP contribution in [0.1, 0.15) is 5.56 Å². The van der Waals surface area contributed by atoms with Gasteiger partial charge in [-0.2, -0.15) is 5.10 Å². The highest BCUT2D eigenvalue weighted by molar-refractivity contribution is 5.96. The number of aryl methyl sites for hydroxylation is 1. The van der Waals surface area contributed by atoms with Crippen molar-refractivity contribution < 1.29 is 4.39 Å². The lowest BCUT2D eigenvalue weighted by Crippen LogP contribution is -1.88. The minimum atomic E-state index is -0.303. The second kappa shape index (κ2) is 7.05. The van der Waals surface area contributed by atoms with E-state index in [1.54, 1.807) is 18.6 Å². The van der Waals surface area contributed by atoms with Crippen LogP contribution in [-0.4, -0.2) is 35.1 Å². The molecule has 5 heterocycles. The molecule has 0 bridgehead atoms. The van der Waals surface area contributed by atoms with Crippen molar-refractivity contribution in [1.29, 1.82) is 0 Å². The minimum absolute atomic E-state index is 0.303. The highest BCUT2D eigenvalue weighted by Crippen LogP contribution is 2.31. The zero-order chi connectivity index (χ0) is 21.7. The molecule has 154 valence electrons. The minimum Gasteiger partial charge on any atom is -0.336 e. The average molecular weight is 421 g/mol. The van der Waals surface area contributed by atoms with Crippen molar-refractivity contribution in [2.45, 2.75) is 6.92 Å². The van der Waals surface area contributed by atoms with Crippen molar-refractivity contribution in [2.75, 3.05) is 0 Å². The second-order valence-electron chi connectivity index (χ2n) is 7.56. The molecule has 0 aliphatic rings. The predicted octanol–water partition coefficient (Wildman–Crippen LogP) is 5.07. The van der Waals surface area contributed by atoms with E-state index in [0.29, 0.717) is 28.3 Å². The molecule has 0 amide bonds. The Morgan fingerprint density at radius 1 is 0.844 bits per heavy atom. The van der Waals surface area contributed by atoms with Crippen molar-refractivity contribution in [3.8, 4) is 34.2 Å². The Kier molecular flexibility index (Phi) is 4.04. The molecule has 0 saturated carbocycles. The summed E-state index contributed by atoms with van der Waals surface area (Å²) >= 11 is 0. The molecule has 7 nitrogen and oxygen atoms in total. The summed E-state index contributed by atoms with van der Waals surface area (Å²) in [7, 11) is 0. The van der Waals surface area contributed by atoms with Crippen molar-refractivity contribution >= 4 is 21.9 Å². The van der Waals surface area contributed by atoms with Crippen LogP contribution in [0, 0.1) is 12.7 Å². The summed E-state index contributed by atoms with van der Waals surface area (Å²) in [5.41, 5.74) is 6.54. The number of H-pyrrole nitrogens is 2. The van der Waals surface area contributed by atoms with E-state index in [0.717, 1.165) is 33.4 Å². The second-order valence-corrected chi connectivity index (χ2v) is 7.56. The summed E-state index contributed by atoms with van der Waals surface area (Å²) < 4.78 is 14.0. The lowest BCUT2D eigenvalue weighted by atomic mass is 10.1. The van der Waals surface area contributed by atoms with Gasteiger partial charge in [-0.3, -0.25) is 20.1 Å². The van der Waals surface area contributed by atoms with Crippen molar-refractivity contribution in [1.82, 2.24) is 35.1 Å². The van der Waals surface area contributed by atoms with Gasteiger partial charge < -0.3 is 4.98 Å². The van der Waals surface area contributed by atoms with Gasteiger partial charge in [-0.15, -0.1) is 0 Å². The molecule has 0 spiro atoms. The fraction of sp³-hybridized carbons (Fsp3) is 0.0417. The predicted molar refractivity (Wildman–Crippen MR) is 120 cm³/mol. The molecular weight excluding hydrogens is 405 g/mol. The largest absolute Gasteiger partial charge is 0.336 e. The van der Waals surface area contributed by atoms with Crippen LogP contribution < -0.4 is 0 Å². The van der Waals surface area contributed by atoms with Gasteiger partial charge in [-0.25, -0.2) is 9.37 Å². The van der Waals surface area contributed by atoms with Gasteiger partial charge in [0.1, 0.15) is 17.0 Å². The Balaban J connectivity index is 1.52. The molecule has 1 aromatic carbocycles. The van der Waals surface area contributed by atoms with E-state index in [9.17, 15) is 4.39 Å².